The quantitative estimate of drug-likeness (QED) is 0.346. The highest BCUT2D eigenvalue weighted by Crippen LogP contribution is 2.31. The first-order valence-corrected chi connectivity index (χ1v) is 11.1. The summed E-state index contributed by atoms with van der Waals surface area (Å²) in [6, 6.07) is 15.1. The first kappa shape index (κ1) is 22.0. The third kappa shape index (κ3) is 7.36. The molecular formula is C20H26N4O2S2. The molecule has 0 saturated carbocycles. The fraction of sp³-hybridized carbons (Fsp3) is 0.300. The summed E-state index contributed by atoms with van der Waals surface area (Å²) in [5, 5.41) is 11.2. The van der Waals surface area contributed by atoms with Crippen molar-refractivity contribution in [1.82, 2.24) is 10.6 Å². The summed E-state index contributed by atoms with van der Waals surface area (Å²) in [5.74, 6) is 1.74. The van der Waals surface area contributed by atoms with Crippen LogP contribution in [0, 0.1) is 0 Å². The van der Waals surface area contributed by atoms with Crippen LogP contribution < -0.4 is 21.3 Å². The number of hydrogen-bond acceptors (Lipinski definition) is 4. The van der Waals surface area contributed by atoms with E-state index in [2.05, 4.69) is 21.3 Å². The number of urea groups is 2. The van der Waals surface area contributed by atoms with E-state index >= 15 is 0 Å². The Morgan fingerprint density at radius 1 is 0.714 bits per heavy atom. The van der Waals surface area contributed by atoms with E-state index in [1.54, 1.807) is 23.5 Å². The maximum Gasteiger partial charge on any atom is 0.319 e. The number of carbonyl (C=O) groups is 2. The number of thioether (sulfide) groups is 2. The van der Waals surface area contributed by atoms with Crippen LogP contribution in [0.4, 0.5) is 21.0 Å². The highest BCUT2D eigenvalue weighted by Gasteiger charge is 2.08. The molecule has 0 saturated heterocycles. The average molecular weight is 419 g/mol. The number of hydrogen-bond donors (Lipinski definition) is 4. The van der Waals surface area contributed by atoms with E-state index in [0.29, 0.717) is 13.1 Å². The number of amides is 4. The predicted octanol–water partition coefficient (Wildman–Crippen LogP) is 4.85. The van der Waals surface area contributed by atoms with Crippen molar-refractivity contribution in [2.75, 3.05) is 35.2 Å². The number of carbonyl (C=O) groups excluding carboxylic acids is 2. The van der Waals surface area contributed by atoms with E-state index in [0.717, 1.165) is 32.7 Å². The summed E-state index contributed by atoms with van der Waals surface area (Å²) in [4.78, 5) is 25.6. The molecule has 0 atom stereocenters. The molecule has 0 fully saturated rings. The smallest absolute Gasteiger partial charge is 0.319 e. The Bertz CT molecular complexity index is 721. The minimum absolute atomic E-state index is 0.199. The van der Waals surface area contributed by atoms with Gasteiger partial charge in [0.1, 0.15) is 0 Å². The lowest BCUT2D eigenvalue weighted by Crippen LogP contribution is -2.28. The van der Waals surface area contributed by atoms with E-state index in [4.69, 9.17) is 0 Å². The van der Waals surface area contributed by atoms with Gasteiger partial charge in [-0.3, -0.25) is 0 Å². The van der Waals surface area contributed by atoms with Gasteiger partial charge < -0.3 is 21.3 Å². The number of rotatable bonds is 9. The molecule has 4 amide bonds. The summed E-state index contributed by atoms with van der Waals surface area (Å²) in [6.45, 7) is 4.94. The van der Waals surface area contributed by atoms with Crippen LogP contribution >= 0.6 is 23.5 Å². The van der Waals surface area contributed by atoms with Gasteiger partial charge in [-0.1, -0.05) is 24.3 Å². The van der Waals surface area contributed by atoms with E-state index in [9.17, 15) is 9.59 Å². The van der Waals surface area contributed by atoms with Crippen molar-refractivity contribution < 1.29 is 9.59 Å². The van der Waals surface area contributed by atoms with Crippen LogP contribution in [0.3, 0.4) is 0 Å². The third-order valence-electron chi connectivity index (χ3n) is 3.54. The van der Waals surface area contributed by atoms with Crippen LogP contribution in [0.5, 0.6) is 0 Å². The normalized spacial score (nSPS) is 10.2. The molecular weight excluding hydrogens is 392 g/mol. The summed E-state index contributed by atoms with van der Waals surface area (Å²) in [5.41, 5.74) is 1.61. The highest BCUT2D eigenvalue weighted by molar-refractivity contribution is 8.03. The van der Waals surface area contributed by atoms with Crippen LogP contribution in [0.1, 0.15) is 13.8 Å². The average Bonchev–Trinajstić information content (AvgIpc) is 2.68. The molecule has 28 heavy (non-hydrogen) atoms. The van der Waals surface area contributed by atoms with Gasteiger partial charge in [0.2, 0.25) is 0 Å². The second-order valence-electron chi connectivity index (χ2n) is 5.66. The molecule has 6 nitrogen and oxygen atoms in total. The van der Waals surface area contributed by atoms with Gasteiger partial charge in [0, 0.05) is 34.4 Å². The minimum Gasteiger partial charge on any atom is -0.338 e. The molecule has 0 bridgehead atoms. The number of anilines is 2. The van der Waals surface area contributed by atoms with Crippen LogP contribution in [0.15, 0.2) is 58.3 Å². The van der Waals surface area contributed by atoms with E-state index in [1.807, 2.05) is 62.4 Å². The van der Waals surface area contributed by atoms with Gasteiger partial charge in [0.15, 0.2) is 0 Å². The van der Waals surface area contributed by atoms with Crippen molar-refractivity contribution in [3.05, 3.63) is 48.5 Å². The maximum absolute atomic E-state index is 11.8. The molecule has 2 aromatic carbocycles. The predicted molar refractivity (Wildman–Crippen MR) is 120 cm³/mol. The van der Waals surface area contributed by atoms with Crippen molar-refractivity contribution >= 4 is 47.0 Å². The Kier molecular flexibility index (Phi) is 9.57. The minimum atomic E-state index is -0.199. The zero-order valence-electron chi connectivity index (χ0n) is 16.1. The fourth-order valence-corrected chi connectivity index (χ4v) is 4.35. The summed E-state index contributed by atoms with van der Waals surface area (Å²) >= 11 is 3.38. The van der Waals surface area contributed by atoms with Crippen LogP contribution in [0.2, 0.25) is 0 Å². The Morgan fingerprint density at radius 3 is 1.50 bits per heavy atom. The number of para-hydroxylation sites is 2. The second-order valence-corrected chi connectivity index (χ2v) is 7.93. The third-order valence-corrected chi connectivity index (χ3v) is 5.95. The van der Waals surface area contributed by atoms with Gasteiger partial charge in [-0.2, -0.15) is 0 Å². The molecule has 0 aliphatic rings. The molecule has 2 rings (SSSR count). The summed E-state index contributed by atoms with van der Waals surface area (Å²) < 4.78 is 0. The van der Waals surface area contributed by atoms with Gasteiger partial charge in [0.25, 0.3) is 0 Å². The molecule has 0 radical (unpaired) electrons. The zero-order chi connectivity index (χ0) is 20.2. The molecule has 150 valence electrons. The topological polar surface area (TPSA) is 82.3 Å². The molecule has 0 aromatic heterocycles. The van der Waals surface area contributed by atoms with Gasteiger partial charge in [0.05, 0.1) is 11.4 Å². The maximum atomic E-state index is 11.8. The van der Waals surface area contributed by atoms with Crippen LogP contribution in [0.25, 0.3) is 0 Å². The largest absolute Gasteiger partial charge is 0.338 e. The van der Waals surface area contributed by atoms with Crippen molar-refractivity contribution in [1.29, 1.82) is 0 Å². The SMILES string of the molecule is CCNC(=O)Nc1ccccc1SCCSc1ccccc1NC(=O)NCC. The van der Waals surface area contributed by atoms with Crippen LogP contribution in [-0.2, 0) is 0 Å². The molecule has 4 N–H and O–H groups in total. The van der Waals surface area contributed by atoms with Crippen molar-refractivity contribution in [2.24, 2.45) is 0 Å². The summed E-state index contributed by atoms with van der Waals surface area (Å²) in [7, 11) is 0. The van der Waals surface area contributed by atoms with Gasteiger partial charge >= 0.3 is 12.1 Å². The second kappa shape index (κ2) is 12.2. The first-order valence-electron chi connectivity index (χ1n) is 9.17. The Hall–Kier alpha value is -2.32. The lowest BCUT2D eigenvalue weighted by molar-refractivity contribution is 0.251. The molecule has 0 unspecified atom stereocenters. The number of benzene rings is 2. The van der Waals surface area contributed by atoms with E-state index in [1.165, 1.54) is 0 Å². The Labute approximate surface area is 174 Å². The van der Waals surface area contributed by atoms with E-state index < -0.39 is 0 Å². The molecule has 0 spiro atoms. The van der Waals surface area contributed by atoms with Crippen molar-refractivity contribution in [3.63, 3.8) is 0 Å². The monoisotopic (exact) mass is 418 g/mol. The molecule has 8 heteroatoms. The highest BCUT2D eigenvalue weighted by atomic mass is 32.2. The lowest BCUT2D eigenvalue weighted by atomic mass is 10.3. The first-order chi connectivity index (χ1) is 13.6. The fourth-order valence-electron chi connectivity index (χ4n) is 2.35. The van der Waals surface area contributed by atoms with Crippen LogP contribution in [-0.4, -0.2) is 36.7 Å². The molecule has 0 aliphatic heterocycles. The van der Waals surface area contributed by atoms with E-state index in [-0.39, 0.29) is 12.1 Å². The van der Waals surface area contributed by atoms with Gasteiger partial charge in [-0.15, -0.1) is 23.5 Å². The van der Waals surface area contributed by atoms with Crippen molar-refractivity contribution in [3.8, 4) is 0 Å². The summed E-state index contributed by atoms with van der Waals surface area (Å²) in [6.07, 6.45) is 0. The van der Waals surface area contributed by atoms with Crippen molar-refractivity contribution in [2.45, 2.75) is 23.6 Å². The van der Waals surface area contributed by atoms with Gasteiger partial charge in [-0.25, -0.2) is 9.59 Å². The lowest BCUT2D eigenvalue weighted by Gasteiger charge is -2.12. The number of nitrogens with one attached hydrogen (secondary N) is 4. The standard InChI is InChI=1S/C20H26N4O2S2/c1-3-21-19(25)23-15-9-5-7-11-17(15)27-13-14-28-18-12-8-6-10-16(18)24-20(26)22-4-2/h5-12H,3-4,13-14H2,1-2H3,(H2,21,23,25)(H2,22,24,26). The van der Waals surface area contributed by atoms with Gasteiger partial charge in [-0.05, 0) is 38.1 Å². The molecule has 2 aromatic rings. The molecule has 0 heterocycles. The zero-order valence-corrected chi connectivity index (χ0v) is 17.7. The Balaban J connectivity index is 1.88. The molecule has 0 aliphatic carbocycles. The Morgan fingerprint density at radius 2 is 1.11 bits per heavy atom.